The largest absolute Gasteiger partial charge is 0.489 e. The number of fused-ring (bicyclic) bond motifs is 3. The normalized spacial score (nSPS) is 14.0. The van der Waals surface area contributed by atoms with Crippen LogP contribution in [0.5, 0.6) is 17.2 Å². The van der Waals surface area contributed by atoms with Gasteiger partial charge in [-0.3, -0.25) is 19.4 Å². The van der Waals surface area contributed by atoms with Crippen LogP contribution in [0.1, 0.15) is 107 Å². The van der Waals surface area contributed by atoms with E-state index in [1.807, 2.05) is 93.6 Å². The molecule has 20 nitrogen and oxygen atoms in total. The van der Waals surface area contributed by atoms with Crippen molar-refractivity contribution in [1.29, 1.82) is 0 Å². The molecule has 6 aromatic rings. The molecule has 89 heavy (non-hydrogen) atoms. The maximum atomic E-state index is 14.8. The molecule has 0 aromatic heterocycles. The molecule has 4 amide bonds. The Labute approximate surface area is 521 Å². The highest BCUT2D eigenvalue weighted by atomic mass is 32.2. The first-order chi connectivity index (χ1) is 42.3. The van der Waals surface area contributed by atoms with Crippen LogP contribution in [0, 0.1) is 20.8 Å². The minimum absolute atomic E-state index is 0.00508. The van der Waals surface area contributed by atoms with Gasteiger partial charge >= 0.3 is 12.1 Å². The molecule has 0 fully saturated rings. The van der Waals surface area contributed by atoms with Crippen molar-refractivity contribution in [2.75, 3.05) is 26.3 Å². The molecular weight excluding hydrogens is 1150 g/mol. The Morgan fingerprint density at radius 3 is 1.94 bits per heavy atom. The van der Waals surface area contributed by atoms with Gasteiger partial charge in [0.05, 0.1) is 4.90 Å². The van der Waals surface area contributed by atoms with Gasteiger partial charge in [-0.05, 0) is 168 Å². The Morgan fingerprint density at radius 1 is 0.742 bits per heavy atom. The molecule has 6 aromatic carbocycles. The topological polar surface area (TPSA) is 281 Å². The molecule has 21 heteroatoms. The van der Waals surface area contributed by atoms with E-state index in [0.717, 1.165) is 37.7 Å². The number of benzene rings is 6. The first-order valence-corrected chi connectivity index (χ1v) is 31.3. The maximum absolute atomic E-state index is 14.8. The molecule has 0 radical (unpaired) electrons. The lowest BCUT2D eigenvalue weighted by atomic mass is 9.88. The summed E-state index contributed by atoms with van der Waals surface area (Å²) in [6.07, 6.45) is 4.08. The molecule has 0 aliphatic carbocycles. The van der Waals surface area contributed by atoms with Crippen LogP contribution in [0.2, 0.25) is 0 Å². The number of nitrogens with zero attached hydrogens (tertiary/aromatic N) is 2. The predicted octanol–water partition coefficient (Wildman–Crippen LogP) is 9.76. The lowest BCUT2D eigenvalue weighted by Gasteiger charge is -2.35. The summed E-state index contributed by atoms with van der Waals surface area (Å²) in [6, 6.07) is 28.2. The van der Waals surface area contributed by atoms with Crippen LogP contribution in [0.25, 0.3) is 32.7 Å². The van der Waals surface area contributed by atoms with Crippen LogP contribution in [-0.2, 0) is 51.7 Å². The van der Waals surface area contributed by atoms with Crippen LogP contribution >= 0.6 is 0 Å². The lowest BCUT2D eigenvalue weighted by Crippen LogP contribution is -2.56. The summed E-state index contributed by atoms with van der Waals surface area (Å²) >= 11 is 0. The summed E-state index contributed by atoms with van der Waals surface area (Å²) in [7, 11) is -4.26. The second-order valence-corrected chi connectivity index (χ2v) is 25.2. The fraction of sp³-hybridized carbons (Fsp3) is 0.382. The number of rotatable bonds is 28. The number of carbonyl (C=O) groups is 5. The maximum Gasteiger partial charge on any atom is 0.424 e. The summed E-state index contributed by atoms with van der Waals surface area (Å²) in [6.45, 7) is 21.5. The van der Waals surface area contributed by atoms with E-state index in [9.17, 15) is 32.4 Å². The summed E-state index contributed by atoms with van der Waals surface area (Å²) in [5.41, 5.74) is 9.73. The zero-order valence-electron chi connectivity index (χ0n) is 52.2. The summed E-state index contributed by atoms with van der Waals surface area (Å²) < 4.78 is 60.6. The zero-order chi connectivity index (χ0) is 64.6. The number of guanidine groups is 1. The Balaban J connectivity index is 1.14. The summed E-state index contributed by atoms with van der Waals surface area (Å²) in [5.74, 6) is 4.28. The average molecular weight is 1240 g/mol. The number of esters is 1. The highest BCUT2D eigenvalue weighted by Gasteiger charge is 2.35. The molecule has 1 heterocycles. The number of unbranched alkanes of at least 4 members (excludes halogenated alkanes) is 1. The van der Waals surface area contributed by atoms with E-state index in [1.165, 1.54) is 6.08 Å². The molecule has 0 saturated carbocycles. The third-order valence-corrected chi connectivity index (χ3v) is 16.8. The molecule has 1 aliphatic rings. The van der Waals surface area contributed by atoms with Crippen LogP contribution in [-0.4, -0.2) is 105 Å². The standard InChI is InChI=1S/C68H84N8O12S/c1-11-23-54(64(80)86-41-46-24-14-13-15-25-46)74-63(79)53(31-22-38-71-65(69)75-89(82,83)61-44(4)43(3)60-49(45(61)5)36-37-68(9,10)87-60)73-62(78)52(30-20-21-39-76(70)66(81)88-67(6,7)8)72-57(77)42-85-56-35-33-48-27-17-19-29-51(48)59(56)58-50-28-18-16-26-47(50)32-34-55(58)84-40-12-2/h11-19,24-29,32-35,52-54H,1-2,20-23,30-31,36-42,70H2,3-10H3,(H,72,77)(H,73,78)(H,74,79)(H3,69,71,75)/t52-,53-,54+/m1/s1. The number of amides is 4. The average Bonchev–Trinajstić information content (AvgIpc) is 0.811. The summed E-state index contributed by atoms with van der Waals surface area (Å²) in [5, 5.41) is 12.8. The second-order valence-electron chi connectivity index (χ2n) is 23.6. The summed E-state index contributed by atoms with van der Waals surface area (Å²) in [4.78, 5) is 74.5. The monoisotopic (exact) mass is 1240 g/mol. The van der Waals surface area contributed by atoms with Crippen molar-refractivity contribution in [3.05, 3.63) is 156 Å². The Kier molecular flexibility index (Phi) is 23.0. The SMILES string of the molecule is C=CCOc1ccc2ccccc2c1-c1c(OCC(=O)N[C@H](CCCCN(N)C(=O)OC(C)(C)C)C(=O)N[C@H](CCCN=C(N)NS(=O)(=O)c2c(C)c(C)c3c(c2C)CCC(C)(C)O3)C(=O)N[C@@H](CC=C)C(=O)OCc2ccccc2)ccc2ccccc12. The number of nitrogens with two attached hydrogens (primary N) is 2. The van der Waals surface area contributed by atoms with Gasteiger partial charge in [0.25, 0.3) is 15.9 Å². The number of carbonyl (C=O) groups excluding carboxylic acids is 5. The number of hydrazine groups is 1. The zero-order valence-corrected chi connectivity index (χ0v) is 53.0. The molecule has 0 saturated heterocycles. The number of hydrogen-bond acceptors (Lipinski definition) is 14. The molecule has 474 valence electrons. The number of nitrogens with one attached hydrogen (secondary N) is 4. The molecular formula is C68H84N8O12S. The van der Waals surface area contributed by atoms with Crippen LogP contribution < -0.4 is 46.5 Å². The van der Waals surface area contributed by atoms with Crippen LogP contribution in [0.4, 0.5) is 4.79 Å². The minimum atomic E-state index is -4.26. The quantitative estimate of drug-likeness (QED) is 0.00390. The van der Waals surface area contributed by atoms with E-state index >= 15 is 0 Å². The number of sulfonamides is 1. The fourth-order valence-corrected chi connectivity index (χ4v) is 12.1. The smallest absolute Gasteiger partial charge is 0.424 e. The van der Waals surface area contributed by atoms with Gasteiger partial charge in [-0.2, -0.15) is 0 Å². The number of ether oxygens (including phenoxy) is 5. The van der Waals surface area contributed by atoms with E-state index in [0.29, 0.717) is 57.9 Å². The van der Waals surface area contributed by atoms with Crippen molar-refractivity contribution < 1.29 is 56.1 Å². The number of aliphatic imine (C=N–C) groups is 1. The molecule has 1 aliphatic heterocycles. The van der Waals surface area contributed by atoms with Gasteiger partial charge in [0.15, 0.2) is 6.61 Å². The number of hydrogen-bond donors (Lipinski definition) is 6. The predicted molar refractivity (Wildman–Crippen MR) is 346 cm³/mol. The van der Waals surface area contributed by atoms with Crippen molar-refractivity contribution in [3.8, 4) is 28.4 Å². The third kappa shape index (κ3) is 18.1. The van der Waals surface area contributed by atoms with Gasteiger partial charge < -0.3 is 45.4 Å². The Morgan fingerprint density at radius 2 is 1.33 bits per heavy atom. The van der Waals surface area contributed by atoms with E-state index in [-0.39, 0.29) is 69.7 Å². The van der Waals surface area contributed by atoms with Gasteiger partial charge in [0, 0.05) is 24.2 Å². The van der Waals surface area contributed by atoms with Gasteiger partial charge in [-0.25, -0.2) is 33.6 Å². The molecule has 8 N–H and O–H groups in total. The van der Waals surface area contributed by atoms with Gasteiger partial charge in [0.2, 0.25) is 17.8 Å². The van der Waals surface area contributed by atoms with Crippen LogP contribution in [0.3, 0.4) is 0 Å². The van der Waals surface area contributed by atoms with E-state index < -0.39 is 81.7 Å². The third-order valence-electron chi connectivity index (χ3n) is 15.1. The Hall–Kier alpha value is -8.95. The van der Waals surface area contributed by atoms with Gasteiger partial charge in [0.1, 0.15) is 59.8 Å². The van der Waals surface area contributed by atoms with E-state index in [2.05, 4.69) is 38.8 Å². The van der Waals surface area contributed by atoms with Crippen molar-refractivity contribution in [2.45, 2.75) is 148 Å². The highest BCUT2D eigenvalue weighted by Crippen LogP contribution is 2.46. The molecule has 0 bridgehead atoms. The van der Waals surface area contributed by atoms with E-state index in [4.69, 9.17) is 35.3 Å². The van der Waals surface area contributed by atoms with Crippen molar-refractivity contribution in [3.63, 3.8) is 0 Å². The van der Waals surface area contributed by atoms with Crippen molar-refractivity contribution in [2.24, 2.45) is 16.6 Å². The lowest BCUT2D eigenvalue weighted by molar-refractivity contribution is -0.149. The molecule has 7 rings (SSSR count). The van der Waals surface area contributed by atoms with Crippen LogP contribution in [0.15, 0.2) is 138 Å². The first-order valence-electron chi connectivity index (χ1n) is 29.8. The molecule has 0 unspecified atom stereocenters. The Bertz CT molecular complexity index is 3710. The second kappa shape index (κ2) is 30.3. The molecule has 3 atom stereocenters. The first kappa shape index (κ1) is 67.6. The minimum Gasteiger partial charge on any atom is -0.489 e. The molecule has 0 spiro atoms. The fourth-order valence-electron chi connectivity index (χ4n) is 10.6. The van der Waals surface area contributed by atoms with Crippen molar-refractivity contribution >= 4 is 67.3 Å². The van der Waals surface area contributed by atoms with Crippen molar-refractivity contribution in [1.82, 2.24) is 25.7 Å². The van der Waals surface area contributed by atoms with E-state index in [1.54, 1.807) is 71.0 Å². The van der Waals surface area contributed by atoms with Gasteiger partial charge in [-0.15, -0.1) is 6.58 Å². The van der Waals surface area contributed by atoms with Gasteiger partial charge in [-0.1, -0.05) is 110 Å². The highest BCUT2D eigenvalue weighted by molar-refractivity contribution is 7.90.